The zero-order valence-corrected chi connectivity index (χ0v) is 14.2. The van der Waals surface area contributed by atoms with Crippen molar-refractivity contribution in [3.8, 4) is 0 Å². The first-order valence-corrected chi connectivity index (χ1v) is 8.60. The molecule has 24 heavy (non-hydrogen) atoms. The predicted octanol–water partition coefficient (Wildman–Crippen LogP) is 4.86. The van der Waals surface area contributed by atoms with Crippen LogP contribution in [-0.4, -0.2) is 10.9 Å². The summed E-state index contributed by atoms with van der Waals surface area (Å²) in [6.45, 7) is 1.98. The third kappa shape index (κ3) is 4.24. The molecule has 1 N–H and O–H groups in total. The van der Waals surface area contributed by atoms with Crippen molar-refractivity contribution in [1.82, 2.24) is 4.98 Å². The molecule has 0 unspecified atom stereocenters. The number of aromatic nitrogens is 1. The summed E-state index contributed by atoms with van der Waals surface area (Å²) < 4.78 is 0. The fourth-order valence-electron chi connectivity index (χ4n) is 2.33. The Balaban J connectivity index is 1.85. The van der Waals surface area contributed by atoms with E-state index in [0.29, 0.717) is 5.82 Å². The number of amides is 1. The summed E-state index contributed by atoms with van der Waals surface area (Å²) in [6.07, 6.45) is 1.70. The van der Waals surface area contributed by atoms with Crippen LogP contribution in [0.5, 0.6) is 0 Å². The molecule has 0 radical (unpaired) electrons. The maximum absolute atomic E-state index is 12.9. The van der Waals surface area contributed by atoms with Gasteiger partial charge in [0.25, 0.3) is 0 Å². The van der Waals surface area contributed by atoms with Gasteiger partial charge in [-0.15, -0.1) is 11.8 Å². The fraction of sp³-hybridized carbons (Fsp3) is 0.100. The molecular formula is C20H18N2OS. The topological polar surface area (TPSA) is 42.0 Å². The van der Waals surface area contributed by atoms with Gasteiger partial charge >= 0.3 is 0 Å². The number of carbonyl (C=O) groups is 1. The van der Waals surface area contributed by atoms with Gasteiger partial charge in [-0.2, -0.15) is 0 Å². The van der Waals surface area contributed by atoms with Gasteiger partial charge in [-0.1, -0.05) is 48.5 Å². The minimum Gasteiger partial charge on any atom is -0.309 e. The molecule has 3 rings (SSSR count). The summed E-state index contributed by atoms with van der Waals surface area (Å²) in [6, 6.07) is 23.5. The van der Waals surface area contributed by atoms with Gasteiger partial charge < -0.3 is 5.32 Å². The Morgan fingerprint density at radius 1 is 1.00 bits per heavy atom. The lowest BCUT2D eigenvalue weighted by molar-refractivity contribution is -0.115. The molecule has 0 saturated heterocycles. The molecule has 3 nitrogen and oxygen atoms in total. The van der Waals surface area contributed by atoms with Crippen LogP contribution in [0.15, 0.2) is 83.9 Å². The zero-order valence-electron chi connectivity index (χ0n) is 13.3. The molecule has 1 heterocycles. The Labute approximate surface area is 146 Å². The van der Waals surface area contributed by atoms with Crippen LogP contribution in [0.2, 0.25) is 0 Å². The van der Waals surface area contributed by atoms with E-state index >= 15 is 0 Å². The molecule has 120 valence electrons. The van der Waals surface area contributed by atoms with Gasteiger partial charge in [0, 0.05) is 11.1 Å². The molecule has 4 heteroatoms. The predicted molar refractivity (Wildman–Crippen MR) is 99.1 cm³/mol. The average molecular weight is 334 g/mol. The zero-order chi connectivity index (χ0) is 16.8. The SMILES string of the molecule is Cc1ccnc(NC(=O)[C@H](Sc2ccccc2)c2ccccc2)c1. The maximum Gasteiger partial charge on any atom is 0.243 e. The van der Waals surface area contributed by atoms with Gasteiger partial charge in [0.05, 0.1) is 0 Å². The summed E-state index contributed by atoms with van der Waals surface area (Å²) in [5, 5.41) is 2.59. The lowest BCUT2D eigenvalue weighted by atomic mass is 10.1. The second-order valence-corrected chi connectivity index (χ2v) is 6.61. The fourth-order valence-corrected chi connectivity index (χ4v) is 3.38. The normalized spacial score (nSPS) is 11.7. The quantitative estimate of drug-likeness (QED) is 0.677. The van der Waals surface area contributed by atoms with E-state index in [2.05, 4.69) is 10.3 Å². The van der Waals surface area contributed by atoms with Crippen LogP contribution in [0.4, 0.5) is 5.82 Å². The number of carbonyl (C=O) groups excluding carboxylic acids is 1. The molecule has 2 aromatic carbocycles. The van der Waals surface area contributed by atoms with Gasteiger partial charge in [-0.3, -0.25) is 4.79 Å². The summed E-state index contributed by atoms with van der Waals surface area (Å²) in [5.41, 5.74) is 2.03. The number of nitrogens with one attached hydrogen (secondary N) is 1. The highest BCUT2D eigenvalue weighted by Crippen LogP contribution is 2.35. The summed E-state index contributed by atoms with van der Waals surface area (Å²) in [7, 11) is 0. The van der Waals surface area contributed by atoms with E-state index in [4.69, 9.17) is 0 Å². The van der Waals surface area contributed by atoms with Crippen molar-refractivity contribution in [3.63, 3.8) is 0 Å². The lowest BCUT2D eigenvalue weighted by Crippen LogP contribution is -2.19. The van der Waals surface area contributed by atoms with E-state index in [1.807, 2.05) is 79.7 Å². The Bertz CT molecular complexity index is 806. The van der Waals surface area contributed by atoms with E-state index in [1.54, 1.807) is 6.20 Å². The van der Waals surface area contributed by atoms with Crippen LogP contribution < -0.4 is 5.32 Å². The van der Waals surface area contributed by atoms with Crippen molar-refractivity contribution in [2.75, 3.05) is 5.32 Å². The standard InChI is InChI=1S/C20H18N2OS/c1-15-12-13-21-18(14-15)22-20(23)19(16-8-4-2-5-9-16)24-17-10-6-3-7-11-17/h2-14,19H,1H3,(H,21,22,23)/t19-/m1/s1. The van der Waals surface area contributed by atoms with E-state index in [9.17, 15) is 4.79 Å². The number of pyridine rings is 1. The van der Waals surface area contributed by atoms with E-state index in [-0.39, 0.29) is 11.2 Å². The molecule has 1 amide bonds. The monoisotopic (exact) mass is 334 g/mol. The van der Waals surface area contributed by atoms with Crippen LogP contribution in [0.25, 0.3) is 0 Å². The third-order valence-corrected chi connectivity index (χ3v) is 4.77. The van der Waals surface area contributed by atoms with Gasteiger partial charge in [0.1, 0.15) is 11.1 Å². The molecular weight excluding hydrogens is 316 g/mol. The highest BCUT2D eigenvalue weighted by atomic mass is 32.2. The molecule has 0 spiro atoms. The number of nitrogens with zero attached hydrogens (tertiary/aromatic N) is 1. The number of benzene rings is 2. The molecule has 0 saturated carbocycles. The summed E-state index contributed by atoms with van der Waals surface area (Å²) in [4.78, 5) is 18.1. The van der Waals surface area contributed by atoms with Gasteiger partial charge in [-0.05, 0) is 42.3 Å². The number of anilines is 1. The number of hydrogen-bond donors (Lipinski definition) is 1. The van der Waals surface area contributed by atoms with Crippen LogP contribution in [-0.2, 0) is 4.79 Å². The largest absolute Gasteiger partial charge is 0.309 e. The number of thioether (sulfide) groups is 1. The highest BCUT2D eigenvalue weighted by molar-refractivity contribution is 8.00. The molecule has 0 bridgehead atoms. The van der Waals surface area contributed by atoms with Gasteiger partial charge in [-0.25, -0.2) is 4.98 Å². The second kappa shape index (κ2) is 7.79. The van der Waals surface area contributed by atoms with Gasteiger partial charge in [0.15, 0.2) is 0 Å². The third-order valence-electron chi connectivity index (χ3n) is 3.50. The van der Waals surface area contributed by atoms with Crippen molar-refractivity contribution in [1.29, 1.82) is 0 Å². The highest BCUT2D eigenvalue weighted by Gasteiger charge is 2.22. The molecule has 0 fully saturated rings. The lowest BCUT2D eigenvalue weighted by Gasteiger charge is -2.17. The molecule has 0 aliphatic carbocycles. The molecule has 1 aromatic heterocycles. The summed E-state index contributed by atoms with van der Waals surface area (Å²) in [5.74, 6) is 0.503. The van der Waals surface area contributed by atoms with Crippen molar-refractivity contribution < 1.29 is 4.79 Å². The van der Waals surface area contributed by atoms with Crippen LogP contribution >= 0.6 is 11.8 Å². The minimum atomic E-state index is -0.337. The van der Waals surface area contributed by atoms with Crippen LogP contribution in [0.3, 0.4) is 0 Å². The van der Waals surface area contributed by atoms with E-state index in [1.165, 1.54) is 11.8 Å². The molecule has 1 atom stereocenters. The van der Waals surface area contributed by atoms with Crippen molar-refractivity contribution >= 4 is 23.5 Å². The second-order valence-electron chi connectivity index (χ2n) is 5.43. The van der Waals surface area contributed by atoms with Crippen molar-refractivity contribution in [2.45, 2.75) is 17.1 Å². The van der Waals surface area contributed by atoms with Gasteiger partial charge in [0.2, 0.25) is 5.91 Å². The van der Waals surface area contributed by atoms with E-state index < -0.39 is 0 Å². The average Bonchev–Trinajstić information content (AvgIpc) is 2.61. The Kier molecular flexibility index (Phi) is 5.29. The van der Waals surface area contributed by atoms with Crippen molar-refractivity contribution in [3.05, 3.63) is 90.1 Å². The first kappa shape index (κ1) is 16.3. The minimum absolute atomic E-state index is 0.0758. The van der Waals surface area contributed by atoms with Crippen molar-refractivity contribution in [2.24, 2.45) is 0 Å². The Hall–Kier alpha value is -2.59. The first-order valence-electron chi connectivity index (χ1n) is 7.72. The molecule has 0 aliphatic heterocycles. The smallest absolute Gasteiger partial charge is 0.243 e. The summed E-state index contributed by atoms with van der Waals surface area (Å²) >= 11 is 1.53. The molecule has 0 aliphatic rings. The first-order chi connectivity index (χ1) is 11.7. The number of hydrogen-bond acceptors (Lipinski definition) is 3. The maximum atomic E-state index is 12.9. The van der Waals surface area contributed by atoms with Crippen LogP contribution in [0, 0.1) is 6.92 Å². The Morgan fingerprint density at radius 2 is 1.67 bits per heavy atom. The number of aryl methyl sites for hydroxylation is 1. The Morgan fingerprint density at radius 3 is 2.33 bits per heavy atom. The molecule has 3 aromatic rings. The van der Waals surface area contributed by atoms with E-state index in [0.717, 1.165) is 16.0 Å². The van der Waals surface area contributed by atoms with Crippen LogP contribution in [0.1, 0.15) is 16.4 Å². The number of rotatable bonds is 5.